The van der Waals surface area contributed by atoms with E-state index in [-0.39, 0.29) is 12.5 Å². The highest BCUT2D eigenvalue weighted by Gasteiger charge is 2.36. The number of carbonyl (C=O) groups is 1. The second-order valence-corrected chi connectivity index (χ2v) is 7.66. The van der Waals surface area contributed by atoms with E-state index in [2.05, 4.69) is 6.92 Å². The van der Waals surface area contributed by atoms with Crippen LogP contribution in [0.15, 0.2) is 0 Å². The van der Waals surface area contributed by atoms with E-state index < -0.39 is 19.2 Å². The zero-order valence-corrected chi connectivity index (χ0v) is 14.5. The molecule has 0 heterocycles. The molecule has 0 aliphatic rings. The Morgan fingerprint density at radius 3 is 1.90 bits per heavy atom. The first-order chi connectivity index (χ1) is 9.79. The average molecular weight is 322 g/mol. The lowest BCUT2D eigenvalue weighted by Crippen LogP contribution is -2.26. The van der Waals surface area contributed by atoms with Crippen LogP contribution in [0.4, 0.5) is 0 Å². The van der Waals surface area contributed by atoms with Gasteiger partial charge in [0.2, 0.25) is 0 Å². The quantitative estimate of drug-likeness (QED) is 0.322. The molecule has 0 bridgehead atoms. The zero-order valence-electron chi connectivity index (χ0n) is 13.6. The van der Waals surface area contributed by atoms with Gasteiger partial charge >= 0.3 is 13.6 Å². The van der Waals surface area contributed by atoms with Gasteiger partial charge in [-0.2, -0.15) is 0 Å². The summed E-state index contributed by atoms with van der Waals surface area (Å²) in [6.07, 6.45) is 8.55. The number of ether oxygens (including phenoxy) is 1. The molecule has 0 rings (SSSR count). The van der Waals surface area contributed by atoms with Crippen molar-refractivity contribution in [2.75, 3.05) is 0 Å². The minimum Gasteiger partial charge on any atom is -0.462 e. The smallest absolute Gasteiger partial charge is 0.339 e. The molecule has 2 N–H and O–H groups in total. The van der Waals surface area contributed by atoms with Crippen LogP contribution < -0.4 is 0 Å². The van der Waals surface area contributed by atoms with Crippen molar-refractivity contribution >= 4 is 13.6 Å². The van der Waals surface area contributed by atoms with Crippen molar-refractivity contribution in [2.45, 2.75) is 90.3 Å². The van der Waals surface area contributed by atoms with E-state index in [0.29, 0.717) is 6.42 Å². The van der Waals surface area contributed by atoms with Crippen LogP contribution in [0.2, 0.25) is 0 Å². The molecule has 0 aromatic heterocycles. The number of rotatable bonds is 12. The van der Waals surface area contributed by atoms with Crippen molar-refractivity contribution in [3.05, 3.63) is 0 Å². The fourth-order valence-electron chi connectivity index (χ4n) is 2.21. The molecule has 0 saturated carbocycles. The molecule has 0 radical (unpaired) electrons. The van der Waals surface area contributed by atoms with Gasteiger partial charge in [0.05, 0.1) is 6.10 Å². The largest absolute Gasteiger partial charge is 0.462 e. The Hall–Kier alpha value is -0.380. The van der Waals surface area contributed by atoms with Crippen molar-refractivity contribution in [3.63, 3.8) is 0 Å². The molecule has 6 heteroatoms. The molecule has 1 atom stereocenters. The summed E-state index contributed by atoms with van der Waals surface area (Å²) in [4.78, 5) is 30.3. The molecule has 0 aromatic carbocycles. The molecule has 0 spiro atoms. The standard InChI is InChI=1S/C15H31O5P/c1-4-5-6-7-8-9-10-11-12-14(21(17,18)19)15(16)20-13(2)3/h13-14H,4-12H2,1-3H3,(H2,17,18,19). The Labute approximate surface area is 128 Å². The van der Waals surface area contributed by atoms with Gasteiger partial charge in [-0.25, -0.2) is 0 Å². The van der Waals surface area contributed by atoms with Gasteiger partial charge in [-0.05, 0) is 20.3 Å². The van der Waals surface area contributed by atoms with Crippen LogP contribution in [-0.4, -0.2) is 27.5 Å². The van der Waals surface area contributed by atoms with Crippen molar-refractivity contribution in [1.82, 2.24) is 0 Å². The Kier molecular flexibility index (Phi) is 11.0. The van der Waals surface area contributed by atoms with Gasteiger partial charge in [-0.15, -0.1) is 0 Å². The van der Waals surface area contributed by atoms with Gasteiger partial charge in [-0.3, -0.25) is 9.36 Å². The number of hydrogen-bond donors (Lipinski definition) is 2. The first-order valence-corrected chi connectivity index (χ1v) is 9.73. The Bertz CT molecular complexity index is 324. The molecule has 0 fully saturated rings. The lowest BCUT2D eigenvalue weighted by atomic mass is 10.1. The van der Waals surface area contributed by atoms with Gasteiger partial charge < -0.3 is 14.5 Å². The van der Waals surface area contributed by atoms with Gasteiger partial charge in [0.1, 0.15) is 0 Å². The van der Waals surface area contributed by atoms with Gasteiger partial charge in [-0.1, -0.05) is 58.3 Å². The van der Waals surface area contributed by atoms with Crippen molar-refractivity contribution in [3.8, 4) is 0 Å². The van der Waals surface area contributed by atoms with E-state index in [4.69, 9.17) is 4.74 Å². The summed E-state index contributed by atoms with van der Waals surface area (Å²) in [5.41, 5.74) is -1.31. The molecular weight excluding hydrogens is 291 g/mol. The SMILES string of the molecule is CCCCCCCCCCC(C(=O)OC(C)C)P(=O)(O)O. The molecule has 0 aromatic rings. The van der Waals surface area contributed by atoms with E-state index in [9.17, 15) is 19.1 Å². The van der Waals surface area contributed by atoms with Gasteiger partial charge in [0.25, 0.3) is 0 Å². The summed E-state index contributed by atoms with van der Waals surface area (Å²) < 4.78 is 16.3. The van der Waals surface area contributed by atoms with Crippen LogP contribution >= 0.6 is 7.60 Å². The van der Waals surface area contributed by atoms with Crippen LogP contribution in [0.5, 0.6) is 0 Å². The number of hydrogen-bond acceptors (Lipinski definition) is 3. The molecule has 21 heavy (non-hydrogen) atoms. The Morgan fingerprint density at radius 1 is 1.00 bits per heavy atom. The summed E-state index contributed by atoms with van der Waals surface area (Å²) in [7, 11) is -4.43. The molecule has 5 nitrogen and oxygen atoms in total. The van der Waals surface area contributed by atoms with E-state index in [0.717, 1.165) is 19.3 Å². The number of unbranched alkanes of at least 4 members (excludes halogenated alkanes) is 7. The van der Waals surface area contributed by atoms with Crippen LogP contribution in [0.1, 0.15) is 78.6 Å². The normalized spacial score (nSPS) is 13.4. The average Bonchev–Trinajstić information content (AvgIpc) is 2.34. The molecule has 0 amide bonds. The maximum Gasteiger partial charge on any atom is 0.339 e. The van der Waals surface area contributed by atoms with Crippen LogP contribution in [0.25, 0.3) is 0 Å². The third-order valence-corrected chi connectivity index (χ3v) is 4.64. The molecule has 0 aliphatic heterocycles. The van der Waals surface area contributed by atoms with Crippen molar-refractivity contribution in [2.24, 2.45) is 0 Å². The second-order valence-electron chi connectivity index (χ2n) is 5.85. The lowest BCUT2D eigenvalue weighted by molar-refractivity contribution is -0.147. The minimum absolute atomic E-state index is 0.199. The number of esters is 1. The van der Waals surface area contributed by atoms with E-state index in [1.54, 1.807) is 13.8 Å². The highest BCUT2D eigenvalue weighted by molar-refractivity contribution is 7.53. The topological polar surface area (TPSA) is 83.8 Å². The summed E-state index contributed by atoms with van der Waals surface area (Å²) in [5.74, 6) is -0.777. The van der Waals surface area contributed by atoms with Crippen LogP contribution in [0, 0.1) is 0 Å². The van der Waals surface area contributed by atoms with Crippen LogP contribution in [0.3, 0.4) is 0 Å². The maximum atomic E-state index is 11.7. The monoisotopic (exact) mass is 322 g/mol. The fraction of sp³-hybridized carbons (Fsp3) is 0.933. The Balaban J connectivity index is 3.99. The fourth-order valence-corrected chi connectivity index (χ4v) is 3.06. The minimum atomic E-state index is -4.43. The predicted octanol–water partition coefficient (Wildman–Crippen LogP) is 4.02. The van der Waals surface area contributed by atoms with Crippen molar-refractivity contribution in [1.29, 1.82) is 0 Å². The molecule has 0 aliphatic carbocycles. The summed E-state index contributed by atoms with van der Waals surface area (Å²) in [6, 6.07) is 0. The van der Waals surface area contributed by atoms with Crippen LogP contribution in [-0.2, 0) is 14.1 Å². The third kappa shape index (κ3) is 10.9. The first kappa shape index (κ1) is 20.6. The molecule has 126 valence electrons. The summed E-state index contributed by atoms with van der Waals surface area (Å²) in [6.45, 7) is 5.52. The summed E-state index contributed by atoms with van der Waals surface area (Å²) >= 11 is 0. The lowest BCUT2D eigenvalue weighted by Gasteiger charge is -2.18. The predicted molar refractivity (Wildman–Crippen MR) is 84.3 cm³/mol. The van der Waals surface area contributed by atoms with E-state index >= 15 is 0 Å². The zero-order chi connectivity index (χ0) is 16.3. The van der Waals surface area contributed by atoms with Gasteiger partial charge in [0.15, 0.2) is 5.66 Å². The Morgan fingerprint density at radius 2 is 1.48 bits per heavy atom. The van der Waals surface area contributed by atoms with E-state index in [1.807, 2.05) is 0 Å². The second kappa shape index (κ2) is 11.2. The van der Waals surface area contributed by atoms with Gasteiger partial charge in [0, 0.05) is 0 Å². The van der Waals surface area contributed by atoms with Crippen molar-refractivity contribution < 1.29 is 23.9 Å². The number of carbonyl (C=O) groups excluding carboxylic acids is 1. The highest BCUT2D eigenvalue weighted by atomic mass is 31.2. The van der Waals surface area contributed by atoms with E-state index in [1.165, 1.54) is 25.7 Å². The highest BCUT2D eigenvalue weighted by Crippen LogP contribution is 2.44. The first-order valence-electron chi connectivity index (χ1n) is 8.04. The molecule has 1 unspecified atom stereocenters. The summed E-state index contributed by atoms with van der Waals surface area (Å²) in [5, 5.41) is 0. The molecule has 0 saturated heterocycles. The molecular formula is C15H31O5P. The maximum absolute atomic E-state index is 11.7. The third-order valence-electron chi connectivity index (χ3n) is 3.36.